The van der Waals surface area contributed by atoms with Gasteiger partial charge in [0.25, 0.3) is 0 Å². The lowest BCUT2D eigenvalue weighted by Crippen LogP contribution is -1.83. The highest BCUT2D eigenvalue weighted by Crippen LogP contribution is 2.21. The second-order valence-corrected chi connectivity index (χ2v) is 3.43. The molecule has 0 aliphatic carbocycles. The van der Waals surface area contributed by atoms with Crippen molar-refractivity contribution in [3.63, 3.8) is 0 Å². The molecule has 13 heavy (non-hydrogen) atoms. The van der Waals surface area contributed by atoms with E-state index in [2.05, 4.69) is 6.07 Å². The minimum atomic E-state index is 0.708. The van der Waals surface area contributed by atoms with Gasteiger partial charge in [0, 0.05) is 11.3 Å². The van der Waals surface area contributed by atoms with Crippen molar-refractivity contribution in [3.05, 3.63) is 36.1 Å². The zero-order chi connectivity index (χ0) is 9.10. The monoisotopic (exact) mass is 194 g/mol. The van der Waals surface area contributed by atoms with Crippen LogP contribution in [0.5, 0.6) is 0 Å². The number of benzene rings is 1. The smallest absolute Gasteiger partial charge is 0.134 e. The van der Waals surface area contributed by atoms with E-state index in [0.29, 0.717) is 5.88 Å². The third-order valence-electron chi connectivity index (χ3n) is 2.14. The van der Waals surface area contributed by atoms with E-state index in [1.807, 2.05) is 24.5 Å². The van der Waals surface area contributed by atoms with E-state index in [-0.39, 0.29) is 0 Å². The quantitative estimate of drug-likeness (QED) is 0.681. The first-order valence-corrected chi connectivity index (χ1v) is 4.96. The molecule has 2 rings (SSSR count). The van der Waals surface area contributed by atoms with Gasteiger partial charge in [0.2, 0.25) is 0 Å². The van der Waals surface area contributed by atoms with Gasteiger partial charge < -0.3 is 4.42 Å². The molecule has 1 nitrogen and oxygen atoms in total. The lowest BCUT2D eigenvalue weighted by Gasteiger charge is -1.93. The molecular weight excluding hydrogens is 184 g/mol. The number of hydrogen-bond donors (Lipinski definition) is 0. The van der Waals surface area contributed by atoms with Crippen LogP contribution in [0.15, 0.2) is 34.9 Å². The Morgan fingerprint density at radius 3 is 2.92 bits per heavy atom. The molecule has 0 unspecified atom stereocenters. The largest absolute Gasteiger partial charge is 0.464 e. The van der Waals surface area contributed by atoms with E-state index in [9.17, 15) is 0 Å². The molecule has 1 aromatic heterocycles. The van der Waals surface area contributed by atoms with E-state index in [1.54, 1.807) is 0 Å². The Balaban J connectivity index is 2.35. The van der Waals surface area contributed by atoms with Crippen molar-refractivity contribution in [3.8, 4) is 0 Å². The highest BCUT2D eigenvalue weighted by molar-refractivity contribution is 6.17. The molecule has 0 aliphatic rings. The van der Waals surface area contributed by atoms with Crippen LogP contribution in [-0.2, 0) is 6.42 Å². The maximum Gasteiger partial charge on any atom is 0.134 e. The van der Waals surface area contributed by atoms with Crippen LogP contribution in [0.3, 0.4) is 0 Å². The minimum Gasteiger partial charge on any atom is -0.464 e. The average Bonchev–Trinajstić information content (AvgIpc) is 2.58. The molecule has 0 bridgehead atoms. The second-order valence-electron chi connectivity index (χ2n) is 3.05. The summed E-state index contributed by atoms with van der Waals surface area (Å²) in [4.78, 5) is 0. The van der Waals surface area contributed by atoms with Gasteiger partial charge in [-0.15, -0.1) is 11.6 Å². The molecule has 0 fully saturated rings. The van der Waals surface area contributed by atoms with Crippen molar-refractivity contribution in [1.29, 1.82) is 0 Å². The second kappa shape index (κ2) is 3.84. The van der Waals surface area contributed by atoms with Crippen molar-refractivity contribution in [2.45, 2.75) is 12.8 Å². The number of rotatable bonds is 3. The van der Waals surface area contributed by atoms with E-state index in [4.69, 9.17) is 16.0 Å². The first-order chi connectivity index (χ1) is 6.42. The Bertz CT molecular complexity index is 392. The fourth-order valence-corrected chi connectivity index (χ4v) is 1.62. The first kappa shape index (κ1) is 8.64. The number of hydrogen-bond acceptors (Lipinski definition) is 1. The Kier molecular flexibility index (Phi) is 2.55. The average molecular weight is 195 g/mol. The van der Waals surface area contributed by atoms with Crippen molar-refractivity contribution in [2.24, 2.45) is 0 Å². The molecule has 0 radical (unpaired) electrons. The normalized spacial score (nSPS) is 10.8. The number of fused-ring (bicyclic) bond motifs is 1. The van der Waals surface area contributed by atoms with Crippen molar-refractivity contribution in [1.82, 2.24) is 0 Å². The summed E-state index contributed by atoms with van der Waals surface area (Å²) in [6.45, 7) is 0. The number of furan rings is 1. The minimum absolute atomic E-state index is 0.708. The molecule has 1 aromatic carbocycles. The SMILES string of the molecule is ClCCCc1coc2ccccc12. The van der Waals surface area contributed by atoms with Gasteiger partial charge in [0.05, 0.1) is 6.26 Å². The van der Waals surface area contributed by atoms with Crippen molar-refractivity contribution >= 4 is 22.6 Å². The molecule has 0 atom stereocenters. The van der Waals surface area contributed by atoms with Crippen molar-refractivity contribution in [2.75, 3.05) is 5.88 Å². The van der Waals surface area contributed by atoms with Gasteiger partial charge in [-0.1, -0.05) is 18.2 Å². The Morgan fingerprint density at radius 2 is 2.08 bits per heavy atom. The Hall–Kier alpha value is -0.950. The molecule has 1 heterocycles. The summed E-state index contributed by atoms with van der Waals surface area (Å²) >= 11 is 5.64. The fraction of sp³-hybridized carbons (Fsp3) is 0.273. The van der Waals surface area contributed by atoms with Crippen LogP contribution in [0.4, 0.5) is 0 Å². The Labute approximate surface area is 82.3 Å². The molecule has 68 valence electrons. The van der Waals surface area contributed by atoms with E-state index < -0.39 is 0 Å². The molecule has 2 heteroatoms. The van der Waals surface area contributed by atoms with E-state index >= 15 is 0 Å². The summed E-state index contributed by atoms with van der Waals surface area (Å²) in [5, 5.41) is 1.22. The molecule has 0 saturated carbocycles. The summed E-state index contributed by atoms with van der Waals surface area (Å²) in [6, 6.07) is 8.08. The molecule has 0 aliphatic heterocycles. The van der Waals surface area contributed by atoms with Gasteiger partial charge in [0.1, 0.15) is 5.58 Å². The van der Waals surface area contributed by atoms with Crippen LogP contribution >= 0.6 is 11.6 Å². The highest BCUT2D eigenvalue weighted by atomic mass is 35.5. The van der Waals surface area contributed by atoms with Crippen molar-refractivity contribution < 1.29 is 4.42 Å². The molecule has 2 aromatic rings. The Morgan fingerprint density at radius 1 is 1.23 bits per heavy atom. The van der Waals surface area contributed by atoms with E-state index in [1.165, 1.54) is 10.9 Å². The summed E-state index contributed by atoms with van der Waals surface area (Å²) in [5.41, 5.74) is 2.23. The topological polar surface area (TPSA) is 13.1 Å². The number of halogens is 1. The van der Waals surface area contributed by atoms with Crippen LogP contribution in [0.1, 0.15) is 12.0 Å². The third-order valence-corrected chi connectivity index (χ3v) is 2.41. The fourth-order valence-electron chi connectivity index (χ4n) is 1.48. The highest BCUT2D eigenvalue weighted by Gasteiger charge is 2.03. The number of para-hydroxylation sites is 1. The van der Waals surface area contributed by atoms with Crippen LogP contribution in [0.2, 0.25) is 0 Å². The summed E-state index contributed by atoms with van der Waals surface area (Å²) in [5.74, 6) is 0.708. The van der Waals surface area contributed by atoms with Gasteiger partial charge in [-0.25, -0.2) is 0 Å². The maximum atomic E-state index is 5.64. The van der Waals surface area contributed by atoms with E-state index in [0.717, 1.165) is 18.4 Å². The van der Waals surface area contributed by atoms with Gasteiger partial charge in [-0.3, -0.25) is 0 Å². The summed E-state index contributed by atoms with van der Waals surface area (Å²) in [7, 11) is 0. The van der Waals surface area contributed by atoms with Crippen LogP contribution in [-0.4, -0.2) is 5.88 Å². The number of aryl methyl sites for hydroxylation is 1. The van der Waals surface area contributed by atoms with Gasteiger partial charge in [0.15, 0.2) is 0 Å². The summed E-state index contributed by atoms with van der Waals surface area (Å²) < 4.78 is 5.40. The zero-order valence-corrected chi connectivity index (χ0v) is 8.05. The summed E-state index contributed by atoms with van der Waals surface area (Å²) in [6.07, 6.45) is 3.84. The molecule has 0 saturated heterocycles. The van der Waals surface area contributed by atoms with Crippen LogP contribution in [0.25, 0.3) is 11.0 Å². The predicted octanol–water partition coefficient (Wildman–Crippen LogP) is 3.60. The zero-order valence-electron chi connectivity index (χ0n) is 7.29. The molecular formula is C11H11ClO. The molecule has 0 N–H and O–H groups in total. The predicted molar refractivity (Wildman–Crippen MR) is 55.3 cm³/mol. The lowest BCUT2D eigenvalue weighted by molar-refractivity contribution is 0.609. The first-order valence-electron chi connectivity index (χ1n) is 4.43. The van der Waals surface area contributed by atoms with Crippen LogP contribution in [0, 0.1) is 0 Å². The van der Waals surface area contributed by atoms with Crippen LogP contribution < -0.4 is 0 Å². The molecule has 0 spiro atoms. The third kappa shape index (κ3) is 1.70. The number of alkyl halides is 1. The standard InChI is InChI=1S/C11H11ClO/c12-7-3-4-9-8-13-11-6-2-1-5-10(9)11/h1-2,5-6,8H,3-4,7H2. The maximum absolute atomic E-state index is 5.64. The van der Waals surface area contributed by atoms with Gasteiger partial charge in [-0.05, 0) is 24.5 Å². The molecule has 0 amide bonds. The van der Waals surface area contributed by atoms with Gasteiger partial charge in [-0.2, -0.15) is 0 Å². The lowest BCUT2D eigenvalue weighted by atomic mass is 10.1. The van der Waals surface area contributed by atoms with Gasteiger partial charge >= 0.3 is 0 Å².